The summed E-state index contributed by atoms with van der Waals surface area (Å²) >= 11 is 9.62. The van der Waals surface area contributed by atoms with E-state index in [4.69, 9.17) is 16.9 Å². The van der Waals surface area contributed by atoms with E-state index in [0.717, 1.165) is 27.6 Å². The number of fused-ring (bicyclic) bond motifs is 1. The van der Waals surface area contributed by atoms with Gasteiger partial charge in [0.1, 0.15) is 6.07 Å². The molecule has 0 unspecified atom stereocenters. The molecule has 0 saturated heterocycles. The van der Waals surface area contributed by atoms with E-state index in [1.54, 1.807) is 12.3 Å². The maximum absolute atomic E-state index is 9.08. The lowest BCUT2D eigenvalue weighted by atomic mass is 10.1. The SMILES string of the molecule is CCNc1c(C#N)cnc2c(Br)ccc(Cl)c12. The maximum atomic E-state index is 9.08. The second kappa shape index (κ2) is 4.91. The molecule has 0 aliphatic rings. The van der Waals surface area contributed by atoms with Gasteiger partial charge in [-0.05, 0) is 35.0 Å². The van der Waals surface area contributed by atoms with Gasteiger partial charge in [-0.25, -0.2) is 0 Å². The molecule has 0 aliphatic carbocycles. The minimum Gasteiger partial charge on any atom is -0.384 e. The van der Waals surface area contributed by atoms with Gasteiger partial charge in [0.05, 0.1) is 21.8 Å². The third-order valence-electron chi connectivity index (χ3n) is 2.39. The van der Waals surface area contributed by atoms with Crippen LogP contribution in [0, 0.1) is 11.3 Å². The number of nitrogens with zero attached hydrogens (tertiary/aromatic N) is 2. The molecule has 0 radical (unpaired) electrons. The Morgan fingerprint density at radius 1 is 1.53 bits per heavy atom. The standard InChI is InChI=1S/C12H9BrClN3/c1-2-16-11-7(5-15)6-17-12-8(13)3-4-9(14)10(11)12/h3-4,6H,2H2,1H3,(H,16,17). The molecule has 1 aromatic heterocycles. The van der Waals surface area contributed by atoms with Gasteiger partial charge in [0.2, 0.25) is 0 Å². The second-order valence-electron chi connectivity index (χ2n) is 3.44. The van der Waals surface area contributed by atoms with E-state index in [9.17, 15) is 0 Å². The Morgan fingerprint density at radius 3 is 2.94 bits per heavy atom. The van der Waals surface area contributed by atoms with Crippen LogP contribution in [-0.4, -0.2) is 11.5 Å². The fourth-order valence-corrected chi connectivity index (χ4v) is 2.36. The lowest BCUT2D eigenvalue weighted by Gasteiger charge is -2.11. The number of benzene rings is 1. The average Bonchev–Trinajstić information content (AvgIpc) is 2.34. The van der Waals surface area contributed by atoms with Gasteiger partial charge >= 0.3 is 0 Å². The number of anilines is 1. The number of hydrogen-bond donors (Lipinski definition) is 1. The highest BCUT2D eigenvalue weighted by Crippen LogP contribution is 2.35. The van der Waals surface area contributed by atoms with Gasteiger partial charge in [0, 0.05) is 22.6 Å². The van der Waals surface area contributed by atoms with Crippen LogP contribution < -0.4 is 5.32 Å². The van der Waals surface area contributed by atoms with Gasteiger partial charge in [0.25, 0.3) is 0 Å². The van der Waals surface area contributed by atoms with Crippen LogP contribution in [0.15, 0.2) is 22.8 Å². The number of nitriles is 1. The molecule has 17 heavy (non-hydrogen) atoms. The smallest absolute Gasteiger partial charge is 0.103 e. The van der Waals surface area contributed by atoms with Crippen molar-refractivity contribution in [3.63, 3.8) is 0 Å². The molecule has 2 aromatic rings. The molecule has 0 amide bonds. The third kappa shape index (κ3) is 2.08. The number of pyridine rings is 1. The van der Waals surface area contributed by atoms with Crippen LogP contribution in [0.4, 0.5) is 5.69 Å². The summed E-state index contributed by atoms with van der Waals surface area (Å²) in [6.07, 6.45) is 1.56. The number of hydrogen-bond acceptors (Lipinski definition) is 3. The highest BCUT2D eigenvalue weighted by molar-refractivity contribution is 9.10. The van der Waals surface area contributed by atoms with Gasteiger partial charge in [-0.15, -0.1) is 0 Å². The third-order valence-corrected chi connectivity index (χ3v) is 3.35. The Hall–Kier alpha value is -1.31. The molecule has 1 aromatic carbocycles. The molecule has 1 N–H and O–H groups in total. The van der Waals surface area contributed by atoms with Crippen molar-refractivity contribution in [3.8, 4) is 6.07 Å². The van der Waals surface area contributed by atoms with Crippen molar-refractivity contribution in [2.75, 3.05) is 11.9 Å². The first-order valence-electron chi connectivity index (χ1n) is 5.09. The summed E-state index contributed by atoms with van der Waals surface area (Å²) in [4.78, 5) is 4.26. The van der Waals surface area contributed by atoms with Crippen LogP contribution in [0.25, 0.3) is 10.9 Å². The fraction of sp³-hybridized carbons (Fsp3) is 0.167. The molecular weight excluding hydrogens is 302 g/mol. The van der Waals surface area contributed by atoms with Gasteiger partial charge in [0.15, 0.2) is 0 Å². The zero-order valence-corrected chi connectivity index (χ0v) is 11.4. The number of rotatable bonds is 2. The summed E-state index contributed by atoms with van der Waals surface area (Å²) in [7, 11) is 0. The van der Waals surface area contributed by atoms with Crippen molar-refractivity contribution in [1.82, 2.24) is 4.98 Å². The minimum atomic E-state index is 0.499. The van der Waals surface area contributed by atoms with Crippen molar-refractivity contribution >= 4 is 44.1 Å². The second-order valence-corrected chi connectivity index (χ2v) is 4.70. The quantitative estimate of drug-likeness (QED) is 0.913. The van der Waals surface area contributed by atoms with E-state index in [-0.39, 0.29) is 0 Å². The van der Waals surface area contributed by atoms with E-state index < -0.39 is 0 Å². The van der Waals surface area contributed by atoms with Crippen molar-refractivity contribution in [2.24, 2.45) is 0 Å². The van der Waals surface area contributed by atoms with Crippen molar-refractivity contribution in [1.29, 1.82) is 5.26 Å². The van der Waals surface area contributed by atoms with E-state index in [1.807, 2.05) is 13.0 Å². The summed E-state index contributed by atoms with van der Waals surface area (Å²) in [6.45, 7) is 2.69. The zero-order valence-electron chi connectivity index (χ0n) is 9.09. The first-order valence-corrected chi connectivity index (χ1v) is 6.26. The van der Waals surface area contributed by atoms with Crippen LogP contribution in [0.5, 0.6) is 0 Å². The summed E-state index contributed by atoms with van der Waals surface area (Å²) in [5, 5.41) is 13.6. The number of halogens is 2. The van der Waals surface area contributed by atoms with Crippen molar-refractivity contribution in [2.45, 2.75) is 6.92 Å². The summed E-state index contributed by atoms with van der Waals surface area (Å²) in [6, 6.07) is 5.76. The number of nitrogens with one attached hydrogen (secondary N) is 1. The summed E-state index contributed by atoms with van der Waals surface area (Å²) in [5.74, 6) is 0. The van der Waals surface area contributed by atoms with E-state index in [1.165, 1.54) is 0 Å². The van der Waals surface area contributed by atoms with Crippen molar-refractivity contribution < 1.29 is 0 Å². The molecule has 86 valence electrons. The van der Waals surface area contributed by atoms with Crippen LogP contribution in [0.2, 0.25) is 5.02 Å². The Bertz CT molecular complexity index is 619. The molecular formula is C12H9BrClN3. The first kappa shape index (κ1) is 12.2. The van der Waals surface area contributed by atoms with Crippen LogP contribution in [0.3, 0.4) is 0 Å². The molecule has 5 heteroatoms. The Morgan fingerprint density at radius 2 is 2.29 bits per heavy atom. The summed E-state index contributed by atoms with van der Waals surface area (Å²) in [5.41, 5.74) is 2.00. The van der Waals surface area contributed by atoms with E-state index >= 15 is 0 Å². The normalized spacial score (nSPS) is 10.2. The van der Waals surface area contributed by atoms with Gasteiger partial charge in [-0.1, -0.05) is 11.6 Å². The molecule has 0 spiro atoms. The van der Waals surface area contributed by atoms with Gasteiger partial charge in [-0.2, -0.15) is 5.26 Å². The molecule has 0 atom stereocenters. The zero-order chi connectivity index (χ0) is 12.4. The maximum Gasteiger partial charge on any atom is 0.103 e. The first-order chi connectivity index (χ1) is 8.19. The van der Waals surface area contributed by atoms with E-state index in [0.29, 0.717) is 10.6 Å². The summed E-state index contributed by atoms with van der Waals surface area (Å²) < 4.78 is 0.862. The topological polar surface area (TPSA) is 48.7 Å². The molecule has 0 aliphatic heterocycles. The predicted molar refractivity (Wildman–Crippen MR) is 73.3 cm³/mol. The Balaban J connectivity index is 2.89. The lowest BCUT2D eigenvalue weighted by molar-refractivity contribution is 1.21. The highest BCUT2D eigenvalue weighted by Gasteiger charge is 2.13. The minimum absolute atomic E-state index is 0.499. The molecule has 0 bridgehead atoms. The molecule has 2 rings (SSSR count). The molecule has 1 heterocycles. The van der Waals surface area contributed by atoms with Gasteiger partial charge < -0.3 is 5.32 Å². The molecule has 3 nitrogen and oxygen atoms in total. The highest BCUT2D eigenvalue weighted by atomic mass is 79.9. The largest absolute Gasteiger partial charge is 0.384 e. The fourth-order valence-electron chi connectivity index (χ4n) is 1.68. The van der Waals surface area contributed by atoms with Crippen LogP contribution in [0.1, 0.15) is 12.5 Å². The van der Waals surface area contributed by atoms with Crippen LogP contribution >= 0.6 is 27.5 Å². The predicted octanol–water partition coefficient (Wildman–Crippen LogP) is 3.95. The Labute approximate surface area is 113 Å². The molecule has 0 saturated carbocycles. The number of aromatic nitrogens is 1. The van der Waals surface area contributed by atoms with E-state index in [2.05, 4.69) is 32.3 Å². The van der Waals surface area contributed by atoms with Gasteiger partial charge in [-0.3, -0.25) is 4.98 Å². The molecule has 0 fully saturated rings. The average molecular weight is 311 g/mol. The Kier molecular flexibility index (Phi) is 3.51. The lowest BCUT2D eigenvalue weighted by Crippen LogP contribution is -2.01. The van der Waals surface area contributed by atoms with Crippen molar-refractivity contribution in [3.05, 3.63) is 33.4 Å². The van der Waals surface area contributed by atoms with Crippen LogP contribution in [-0.2, 0) is 0 Å². The monoisotopic (exact) mass is 309 g/mol.